The molecule has 2 amide bonds. The van der Waals surface area contributed by atoms with Crippen LogP contribution < -0.4 is 14.4 Å². The number of rotatable bonds is 3. The summed E-state index contributed by atoms with van der Waals surface area (Å²) in [5, 5.41) is 0.752. The first kappa shape index (κ1) is 31.7. The highest BCUT2D eigenvalue weighted by atomic mass is 35.5. The molecule has 8 nitrogen and oxygen atoms in total. The number of allylic oxidation sites excluding steroid dienone is 1. The van der Waals surface area contributed by atoms with E-state index >= 15 is 0 Å². The number of methoxy groups -OCH3 is 1. The lowest BCUT2D eigenvalue weighted by atomic mass is 9.68. The second kappa shape index (κ2) is 13.0. The molecule has 2 aliphatic heterocycles. The van der Waals surface area contributed by atoms with Crippen molar-refractivity contribution in [3.05, 3.63) is 70.3 Å². The summed E-state index contributed by atoms with van der Waals surface area (Å²) in [7, 11) is -1.53. The Bertz CT molecular complexity index is 1660. The summed E-state index contributed by atoms with van der Waals surface area (Å²) in [6.45, 7) is 2.08. The van der Waals surface area contributed by atoms with Gasteiger partial charge in [0.25, 0.3) is 5.91 Å². The molecule has 2 aromatic carbocycles. The molecular formula is C36H44ClN3O5S. The highest BCUT2D eigenvalue weighted by Gasteiger charge is 2.44. The number of carbonyl (C=O) groups excluding carboxylic acids is 2. The van der Waals surface area contributed by atoms with Gasteiger partial charge in [0, 0.05) is 42.1 Å². The van der Waals surface area contributed by atoms with Gasteiger partial charge in [0.1, 0.15) is 15.7 Å². The molecule has 10 heteroatoms. The Morgan fingerprint density at radius 1 is 1.13 bits per heavy atom. The van der Waals surface area contributed by atoms with Crippen LogP contribution >= 0.6 is 11.6 Å². The van der Waals surface area contributed by atoms with E-state index in [4.69, 9.17) is 21.1 Å². The number of hydrogen-bond acceptors (Lipinski definition) is 6. The number of amides is 2. The summed E-state index contributed by atoms with van der Waals surface area (Å²) in [5.74, 6) is 0.624. The molecule has 0 unspecified atom stereocenters. The molecule has 246 valence electrons. The van der Waals surface area contributed by atoms with Gasteiger partial charge in [-0.05, 0) is 111 Å². The van der Waals surface area contributed by atoms with Crippen LogP contribution in [-0.2, 0) is 31.3 Å². The second-order valence-electron chi connectivity index (χ2n) is 13.9. The van der Waals surface area contributed by atoms with Crippen LogP contribution in [0.4, 0.5) is 5.69 Å². The first-order valence-corrected chi connectivity index (χ1v) is 18.9. The van der Waals surface area contributed by atoms with E-state index in [9.17, 15) is 13.8 Å². The minimum absolute atomic E-state index is 0.0128. The lowest BCUT2D eigenvalue weighted by molar-refractivity contribution is -0.125. The predicted molar refractivity (Wildman–Crippen MR) is 181 cm³/mol. The van der Waals surface area contributed by atoms with Crippen molar-refractivity contribution in [2.75, 3.05) is 37.5 Å². The molecule has 2 aromatic rings. The number of fused-ring (bicyclic) bond motifs is 4. The zero-order valence-corrected chi connectivity index (χ0v) is 28.1. The Hall–Kier alpha value is -2.88. The van der Waals surface area contributed by atoms with Crippen LogP contribution in [0.1, 0.15) is 79.3 Å². The van der Waals surface area contributed by atoms with Crippen molar-refractivity contribution in [1.82, 2.24) is 4.72 Å². The fourth-order valence-electron chi connectivity index (χ4n) is 8.02. The van der Waals surface area contributed by atoms with Crippen LogP contribution in [0.15, 0.2) is 52.9 Å². The second-order valence-corrected chi connectivity index (χ2v) is 16.4. The molecule has 0 radical (unpaired) electrons. The lowest BCUT2D eigenvalue weighted by Gasteiger charge is -2.46. The molecule has 2 fully saturated rings. The quantitative estimate of drug-likeness (QED) is 0.369. The fraction of sp³-hybridized carbons (Fsp3) is 0.556. The van der Waals surface area contributed by atoms with E-state index in [0.29, 0.717) is 36.8 Å². The van der Waals surface area contributed by atoms with Crippen molar-refractivity contribution in [1.29, 1.82) is 0 Å². The third-order valence-electron chi connectivity index (χ3n) is 11.0. The first-order valence-electron chi connectivity index (χ1n) is 16.9. The van der Waals surface area contributed by atoms with Crippen LogP contribution in [0.3, 0.4) is 0 Å². The Morgan fingerprint density at radius 2 is 2.00 bits per heavy atom. The molecule has 2 bridgehead atoms. The summed E-state index contributed by atoms with van der Waals surface area (Å²) in [4.78, 5) is 29.0. The van der Waals surface area contributed by atoms with Crippen molar-refractivity contribution in [2.45, 2.75) is 75.7 Å². The number of nitrogens with zero attached hydrogens (tertiary/aromatic N) is 2. The zero-order valence-electron chi connectivity index (χ0n) is 26.5. The van der Waals surface area contributed by atoms with Crippen LogP contribution in [0.2, 0.25) is 5.02 Å². The average Bonchev–Trinajstić information content (AvgIpc) is 3.13. The molecule has 5 atom stereocenters. The first-order chi connectivity index (χ1) is 22.3. The summed E-state index contributed by atoms with van der Waals surface area (Å²) >= 11 is 6.44. The topological polar surface area (TPSA) is 97.3 Å². The maximum Gasteiger partial charge on any atom is 0.286 e. The van der Waals surface area contributed by atoms with E-state index in [1.54, 1.807) is 13.2 Å². The molecule has 1 spiro atoms. The van der Waals surface area contributed by atoms with Crippen LogP contribution in [-0.4, -0.2) is 54.7 Å². The highest BCUT2D eigenvalue weighted by Crippen LogP contribution is 2.47. The molecule has 0 aromatic heterocycles. The van der Waals surface area contributed by atoms with Crippen LogP contribution in [0.5, 0.6) is 5.75 Å². The number of anilines is 1. The molecule has 46 heavy (non-hydrogen) atoms. The van der Waals surface area contributed by atoms with E-state index in [0.717, 1.165) is 80.9 Å². The molecule has 5 aliphatic rings. The van der Waals surface area contributed by atoms with Gasteiger partial charge < -0.3 is 14.4 Å². The van der Waals surface area contributed by atoms with Gasteiger partial charge in [0.15, 0.2) is 0 Å². The van der Waals surface area contributed by atoms with Gasteiger partial charge in [-0.1, -0.05) is 36.2 Å². The molecular weight excluding hydrogens is 622 g/mol. The van der Waals surface area contributed by atoms with Crippen molar-refractivity contribution < 1.29 is 23.3 Å². The Balaban J connectivity index is 1.29. The summed E-state index contributed by atoms with van der Waals surface area (Å²) in [6.07, 6.45) is 13.2. The maximum absolute atomic E-state index is 14.1. The Labute approximate surface area is 277 Å². The van der Waals surface area contributed by atoms with E-state index in [1.807, 2.05) is 18.2 Å². The lowest BCUT2D eigenvalue weighted by Crippen LogP contribution is -2.49. The number of aryl methyl sites for hydroxylation is 1. The monoisotopic (exact) mass is 665 g/mol. The largest absolute Gasteiger partial charge is 0.490 e. The summed E-state index contributed by atoms with van der Waals surface area (Å²) < 4.78 is 33.7. The van der Waals surface area contributed by atoms with Gasteiger partial charge in [-0.2, -0.15) is 0 Å². The Morgan fingerprint density at radius 3 is 2.76 bits per heavy atom. The van der Waals surface area contributed by atoms with Crippen molar-refractivity contribution >= 4 is 39.0 Å². The zero-order chi connectivity index (χ0) is 31.9. The molecule has 3 aliphatic carbocycles. The van der Waals surface area contributed by atoms with Crippen LogP contribution in [0, 0.1) is 17.8 Å². The molecule has 1 N–H and O–H groups in total. The number of ether oxygens (including phenoxy) is 2. The average molecular weight is 666 g/mol. The third kappa shape index (κ3) is 6.22. The minimum atomic E-state index is -3.31. The minimum Gasteiger partial charge on any atom is -0.490 e. The number of halogens is 1. The molecule has 2 saturated carbocycles. The van der Waals surface area contributed by atoms with Gasteiger partial charge in [0.05, 0.1) is 24.2 Å². The fourth-order valence-corrected chi connectivity index (χ4v) is 9.87. The summed E-state index contributed by atoms with van der Waals surface area (Å²) in [5.41, 5.74) is 3.54. The van der Waals surface area contributed by atoms with Gasteiger partial charge in [-0.25, -0.2) is 4.21 Å². The molecule has 2 heterocycles. The maximum atomic E-state index is 14.1. The van der Waals surface area contributed by atoms with E-state index in [-0.39, 0.29) is 29.1 Å². The number of hydrogen-bond donors (Lipinski definition) is 1. The SMILES string of the molecule is CO[C@H]1/C=C/CCC[S@@](=O)(NC(=O)C2CCC2)=NC(=O)c2ccc3c(c2)N(C[C@@H]2CC[C@H]21)C[C@@]1(CCCc2cc(Cl)ccc21)CO3. The normalized spacial score (nSPS) is 32.0. The van der Waals surface area contributed by atoms with Crippen molar-refractivity contribution in [3.63, 3.8) is 0 Å². The smallest absolute Gasteiger partial charge is 0.286 e. The van der Waals surface area contributed by atoms with E-state index in [2.05, 4.69) is 38.3 Å². The molecule has 0 saturated heterocycles. The van der Waals surface area contributed by atoms with Gasteiger partial charge in [0.2, 0.25) is 5.91 Å². The van der Waals surface area contributed by atoms with Crippen LogP contribution in [0.25, 0.3) is 0 Å². The van der Waals surface area contributed by atoms with Gasteiger partial charge in [-0.3, -0.25) is 14.3 Å². The standard InChI is InChI=1S/C36H44ClN3O5S/c1-44-32-10-3-2-4-18-46(43,38-34(41)24-7-5-8-24)39-35(42)26-12-16-33-31(20-26)40(21-27-11-14-29(27)32)22-36(23-45-33)17-6-9-25-19-28(37)13-15-30(25)36/h3,10,12-13,15-16,19-20,24,27,29,32H,2,4-9,11,14,17-18,21-23H2,1H3,(H,38,39,41,42,43)/b10-3+/t27-,29+,32-,36-,46+/m0/s1. The Kier molecular flexibility index (Phi) is 8.94. The highest BCUT2D eigenvalue weighted by molar-refractivity contribution is 7.92. The van der Waals surface area contributed by atoms with Crippen molar-refractivity contribution in [3.8, 4) is 5.75 Å². The third-order valence-corrected chi connectivity index (χ3v) is 13.1. The number of benzene rings is 2. The van der Waals surface area contributed by atoms with Gasteiger partial charge >= 0.3 is 0 Å². The number of nitrogens with one attached hydrogen (secondary N) is 1. The van der Waals surface area contributed by atoms with E-state index in [1.165, 1.54) is 11.1 Å². The molecule has 7 rings (SSSR count). The number of carbonyl (C=O) groups is 2. The van der Waals surface area contributed by atoms with E-state index < -0.39 is 15.8 Å². The van der Waals surface area contributed by atoms with Gasteiger partial charge in [-0.15, -0.1) is 4.36 Å². The van der Waals surface area contributed by atoms with Crippen molar-refractivity contribution in [2.24, 2.45) is 22.1 Å². The summed E-state index contributed by atoms with van der Waals surface area (Å²) in [6, 6.07) is 11.7. The predicted octanol–water partition coefficient (Wildman–Crippen LogP) is 6.64.